The van der Waals surface area contributed by atoms with Crippen molar-refractivity contribution in [3.63, 3.8) is 0 Å². The van der Waals surface area contributed by atoms with Crippen molar-refractivity contribution in [3.8, 4) is 0 Å². The molecule has 15 heavy (non-hydrogen) atoms. The predicted octanol–water partition coefficient (Wildman–Crippen LogP) is 1.44. The van der Waals surface area contributed by atoms with Gasteiger partial charge in [-0.15, -0.1) is 0 Å². The van der Waals surface area contributed by atoms with Crippen molar-refractivity contribution in [1.82, 2.24) is 0 Å². The molecule has 0 bridgehead atoms. The van der Waals surface area contributed by atoms with Gasteiger partial charge in [0.15, 0.2) is 0 Å². The lowest BCUT2D eigenvalue weighted by Crippen LogP contribution is -2.06. The number of hydrogen-bond donors (Lipinski definition) is 2. The Morgan fingerprint density at radius 2 is 1.53 bits per heavy atom. The molecule has 96 valence electrons. The highest BCUT2D eigenvalue weighted by molar-refractivity contribution is 4.36. The fraction of sp³-hybridized carbons (Fsp3) is 1.00. The molecular formula is C11H28O4. The molecule has 1 aliphatic rings. The van der Waals surface area contributed by atoms with E-state index in [0.29, 0.717) is 6.61 Å². The molecule has 0 saturated carbocycles. The third-order valence-corrected chi connectivity index (χ3v) is 0.747. The molecule has 0 radical (unpaired) electrons. The lowest BCUT2D eigenvalue weighted by molar-refractivity contribution is 0.0494. The van der Waals surface area contributed by atoms with E-state index in [1.165, 1.54) is 0 Å². The van der Waals surface area contributed by atoms with Gasteiger partial charge in [0.05, 0.1) is 32.5 Å². The smallest absolute Gasteiger partial charge is 0.0701 e. The first kappa shape index (κ1) is 20.3. The maximum absolute atomic E-state index is 8.19. The summed E-state index contributed by atoms with van der Waals surface area (Å²) in [6, 6.07) is 0. The highest BCUT2D eigenvalue weighted by Crippen LogP contribution is 1.84. The molecule has 0 aromatic heterocycles. The number of aliphatic hydroxyl groups excluding tert-OH is 2. The van der Waals surface area contributed by atoms with E-state index >= 15 is 0 Å². The summed E-state index contributed by atoms with van der Waals surface area (Å²) >= 11 is 0. The van der Waals surface area contributed by atoms with Gasteiger partial charge in [-0.3, -0.25) is 0 Å². The largest absolute Gasteiger partial charge is 0.394 e. The van der Waals surface area contributed by atoms with Crippen molar-refractivity contribution in [1.29, 1.82) is 0 Å². The van der Waals surface area contributed by atoms with E-state index < -0.39 is 0 Å². The molecule has 1 heterocycles. The third-order valence-electron chi connectivity index (χ3n) is 0.747. The van der Waals surface area contributed by atoms with Crippen molar-refractivity contribution in [3.05, 3.63) is 0 Å². The second-order valence-electron chi connectivity index (χ2n) is 3.35. The molecule has 4 nitrogen and oxygen atoms in total. The Labute approximate surface area is 94.2 Å². The lowest BCUT2D eigenvalue weighted by atomic mass is 10.5. The van der Waals surface area contributed by atoms with Gasteiger partial charge in [-0.1, -0.05) is 7.43 Å². The normalized spacial score (nSPS) is 12.0. The van der Waals surface area contributed by atoms with Crippen molar-refractivity contribution < 1.29 is 19.7 Å². The number of aliphatic hydroxyl groups is 2. The number of rotatable bonds is 3. The van der Waals surface area contributed by atoms with Crippen LogP contribution in [-0.4, -0.2) is 48.8 Å². The first-order chi connectivity index (χ1) is 6.50. The number of hydrogen-bond acceptors (Lipinski definition) is 4. The molecule has 0 aliphatic carbocycles. The van der Waals surface area contributed by atoms with Gasteiger partial charge in [0, 0.05) is 6.10 Å². The van der Waals surface area contributed by atoms with Crippen LogP contribution in [0, 0.1) is 0 Å². The Hall–Kier alpha value is -0.160. The third kappa shape index (κ3) is 82.8. The maximum atomic E-state index is 8.19. The Bertz CT molecular complexity index is 87.1. The molecule has 0 aromatic carbocycles. The molecule has 0 amide bonds. The van der Waals surface area contributed by atoms with E-state index in [-0.39, 0.29) is 26.2 Å². The van der Waals surface area contributed by atoms with E-state index in [4.69, 9.17) is 14.9 Å². The molecule has 0 atom stereocenters. The summed E-state index contributed by atoms with van der Waals surface area (Å²) in [5, 5.41) is 16.2. The number of ether oxygens (including phenoxy) is 2. The van der Waals surface area contributed by atoms with Gasteiger partial charge in [0.2, 0.25) is 0 Å². The summed E-state index contributed by atoms with van der Waals surface area (Å²) in [5.41, 5.74) is 0. The highest BCUT2D eigenvalue weighted by atomic mass is 16.6. The van der Waals surface area contributed by atoms with Crippen molar-refractivity contribution >= 4 is 0 Å². The maximum Gasteiger partial charge on any atom is 0.0701 e. The van der Waals surface area contributed by atoms with Crippen molar-refractivity contribution in [2.75, 3.05) is 26.4 Å². The monoisotopic (exact) mass is 224 g/mol. The summed E-state index contributed by atoms with van der Waals surface area (Å²) in [7, 11) is 0. The topological polar surface area (TPSA) is 62.2 Å². The molecule has 1 rings (SSSR count). The van der Waals surface area contributed by atoms with Crippen LogP contribution in [-0.2, 0) is 9.47 Å². The Morgan fingerprint density at radius 3 is 1.60 bits per heavy atom. The fourth-order valence-electron chi connectivity index (χ4n) is 0.288. The predicted molar refractivity (Wildman–Crippen MR) is 63.1 cm³/mol. The summed E-state index contributed by atoms with van der Waals surface area (Å²) in [5.74, 6) is 0. The Balaban J connectivity index is -0.000000153. The SMILES string of the molecule is C.C1CO1.CC(C)O.CC(C)OCCO. The summed E-state index contributed by atoms with van der Waals surface area (Å²) in [6.45, 7) is 9.90. The van der Waals surface area contributed by atoms with E-state index in [9.17, 15) is 0 Å². The van der Waals surface area contributed by atoms with Crippen molar-refractivity contribution in [2.45, 2.75) is 47.3 Å². The van der Waals surface area contributed by atoms with Crippen LogP contribution in [0.1, 0.15) is 35.1 Å². The second kappa shape index (κ2) is 16.3. The number of epoxide rings is 1. The molecule has 1 aliphatic heterocycles. The van der Waals surface area contributed by atoms with E-state index in [2.05, 4.69) is 4.74 Å². The van der Waals surface area contributed by atoms with Gasteiger partial charge in [-0.2, -0.15) is 0 Å². The van der Waals surface area contributed by atoms with Crippen LogP contribution in [0.2, 0.25) is 0 Å². The van der Waals surface area contributed by atoms with Crippen LogP contribution < -0.4 is 0 Å². The van der Waals surface area contributed by atoms with Crippen LogP contribution >= 0.6 is 0 Å². The van der Waals surface area contributed by atoms with Crippen LogP contribution in [0.5, 0.6) is 0 Å². The standard InChI is InChI=1S/C5H12O2.C3H8O.C2H4O.CH4/c1-5(2)7-4-3-6;1-3(2)4;1-2-3-1;/h5-6H,3-4H2,1-2H3;3-4H,1-2H3;1-2H2;1H4. The molecule has 2 N–H and O–H groups in total. The highest BCUT2D eigenvalue weighted by Gasteiger charge is 1.94. The van der Waals surface area contributed by atoms with Gasteiger partial charge in [0.1, 0.15) is 0 Å². The van der Waals surface area contributed by atoms with Gasteiger partial charge in [-0.05, 0) is 27.7 Å². The molecule has 0 aromatic rings. The van der Waals surface area contributed by atoms with Gasteiger partial charge < -0.3 is 19.7 Å². The van der Waals surface area contributed by atoms with Crippen LogP contribution in [0.4, 0.5) is 0 Å². The van der Waals surface area contributed by atoms with E-state index in [0.717, 1.165) is 13.2 Å². The van der Waals surface area contributed by atoms with Gasteiger partial charge in [-0.25, -0.2) is 0 Å². The van der Waals surface area contributed by atoms with Crippen LogP contribution in [0.15, 0.2) is 0 Å². The minimum absolute atomic E-state index is 0. The van der Waals surface area contributed by atoms with Crippen molar-refractivity contribution in [2.24, 2.45) is 0 Å². The van der Waals surface area contributed by atoms with Gasteiger partial charge in [0.25, 0.3) is 0 Å². The summed E-state index contributed by atoms with van der Waals surface area (Å²) in [4.78, 5) is 0. The minimum Gasteiger partial charge on any atom is -0.394 e. The quantitative estimate of drug-likeness (QED) is 0.712. The average molecular weight is 224 g/mol. The average Bonchev–Trinajstić information content (AvgIpc) is 2.84. The lowest BCUT2D eigenvalue weighted by Gasteiger charge is -2.02. The molecule has 1 fully saturated rings. The van der Waals surface area contributed by atoms with Crippen LogP contribution in [0.3, 0.4) is 0 Å². The fourth-order valence-corrected chi connectivity index (χ4v) is 0.288. The van der Waals surface area contributed by atoms with Gasteiger partial charge >= 0.3 is 0 Å². The minimum atomic E-state index is -0.167. The Kier molecular flexibility index (Phi) is 22.0. The second-order valence-corrected chi connectivity index (χ2v) is 3.35. The molecule has 0 unspecified atom stereocenters. The molecule has 0 spiro atoms. The van der Waals surface area contributed by atoms with Crippen LogP contribution in [0.25, 0.3) is 0 Å². The zero-order chi connectivity index (χ0) is 11.4. The van der Waals surface area contributed by atoms with E-state index in [1.807, 2.05) is 13.8 Å². The molecule has 4 heteroatoms. The van der Waals surface area contributed by atoms with E-state index in [1.54, 1.807) is 13.8 Å². The molecule has 1 saturated heterocycles. The molecular weight excluding hydrogens is 196 g/mol. The first-order valence-electron chi connectivity index (χ1n) is 4.99. The Morgan fingerprint density at radius 1 is 1.20 bits per heavy atom. The summed E-state index contributed by atoms with van der Waals surface area (Å²) < 4.78 is 9.44. The summed E-state index contributed by atoms with van der Waals surface area (Å²) in [6.07, 6.45) is 0.0761. The zero-order valence-corrected chi connectivity index (χ0v) is 9.69. The first-order valence-corrected chi connectivity index (χ1v) is 4.99. The zero-order valence-electron chi connectivity index (χ0n) is 9.69.